The predicted molar refractivity (Wildman–Crippen MR) is 89.7 cm³/mol. The molecule has 1 aliphatic rings. The Morgan fingerprint density at radius 1 is 1.30 bits per heavy atom. The summed E-state index contributed by atoms with van der Waals surface area (Å²) < 4.78 is 4.89. The molecular formula is C19H23NO3. The Bertz CT molecular complexity index is 582. The van der Waals surface area contributed by atoms with Gasteiger partial charge in [0, 0.05) is 6.04 Å². The van der Waals surface area contributed by atoms with Gasteiger partial charge in [-0.25, -0.2) is 4.79 Å². The zero-order valence-corrected chi connectivity index (χ0v) is 13.5. The first-order valence-electron chi connectivity index (χ1n) is 7.79. The molecule has 0 aliphatic carbocycles. The zero-order chi connectivity index (χ0) is 16.8. The van der Waals surface area contributed by atoms with Gasteiger partial charge in [0.25, 0.3) is 0 Å². The van der Waals surface area contributed by atoms with Crippen LogP contribution >= 0.6 is 0 Å². The minimum atomic E-state index is -0.552. The fourth-order valence-electron chi connectivity index (χ4n) is 3.40. The summed E-state index contributed by atoms with van der Waals surface area (Å²) in [5, 5.41) is 0. The average Bonchev–Trinajstić information content (AvgIpc) is 2.93. The summed E-state index contributed by atoms with van der Waals surface area (Å²) in [7, 11) is 1.35. The van der Waals surface area contributed by atoms with Gasteiger partial charge in [-0.2, -0.15) is 0 Å². The Hall–Kier alpha value is -2.36. The summed E-state index contributed by atoms with van der Waals surface area (Å²) in [6, 6.07) is 9.48. The molecule has 1 fully saturated rings. The lowest BCUT2D eigenvalue weighted by Gasteiger charge is -2.29. The van der Waals surface area contributed by atoms with Gasteiger partial charge in [0.15, 0.2) is 0 Å². The molecule has 0 N–H and O–H groups in total. The maximum absolute atomic E-state index is 12.3. The number of benzene rings is 1. The van der Waals surface area contributed by atoms with E-state index >= 15 is 0 Å². The van der Waals surface area contributed by atoms with E-state index in [-0.39, 0.29) is 23.8 Å². The minimum absolute atomic E-state index is 0.0673. The summed E-state index contributed by atoms with van der Waals surface area (Å²) in [5.74, 6) is -0.420. The molecule has 1 saturated heterocycles. The number of hydrogen-bond donors (Lipinski definition) is 0. The third-order valence-electron chi connectivity index (χ3n) is 4.41. The van der Waals surface area contributed by atoms with Crippen molar-refractivity contribution in [3.05, 3.63) is 61.2 Å². The Morgan fingerprint density at radius 3 is 2.57 bits per heavy atom. The van der Waals surface area contributed by atoms with E-state index in [0.29, 0.717) is 12.8 Å². The molecule has 0 aromatic heterocycles. The Morgan fingerprint density at radius 2 is 2.00 bits per heavy atom. The second-order valence-electron chi connectivity index (χ2n) is 5.77. The maximum Gasteiger partial charge on any atom is 0.328 e. The third kappa shape index (κ3) is 3.70. The summed E-state index contributed by atoms with van der Waals surface area (Å²) >= 11 is 0. The third-order valence-corrected chi connectivity index (χ3v) is 4.41. The van der Waals surface area contributed by atoms with Crippen molar-refractivity contribution in [1.29, 1.82) is 0 Å². The number of hydrogen-bond acceptors (Lipinski definition) is 3. The molecule has 3 atom stereocenters. The molecule has 0 spiro atoms. The summed E-state index contributed by atoms with van der Waals surface area (Å²) in [5.41, 5.74) is 1.20. The molecule has 1 heterocycles. The van der Waals surface area contributed by atoms with Gasteiger partial charge in [-0.15, -0.1) is 6.58 Å². The molecule has 1 amide bonds. The quantitative estimate of drug-likeness (QED) is 0.461. The Kier molecular flexibility index (Phi) is 5.74. The van der Waals surface area contributed by atoms with Gasteiger partial charge in [-0.1, -0.05) is 43.0 Å². The van der Waals surface area contributed by atoms with E-state index in [4.69, 9.17) is 4.74 Å². The van der Waals surface area contributed by atoms with Gasteiger partial charge in [0.05, 0.1) is 7.11 Å². The number of carbonyl (C=O) groups excluding carboxylic acids is 2. The van der Waals surface area contributed by atoms with Crippen LogP contribution < -0.4 is 0 Å². The highest BCUT2D eigenvalue weighted by Crippen LogP contribution is 2.35. The number of nitrogens with zero attached hydrogens (tertiary/aromatic N) is 1. The SMILES string of the molecule is C=CC[C@H]1[C@H](Cc2ccccc2)C[C@@H](C(=O)OC)N1C(=O)C=C. The standard InChI is InChI=1S/C19H23NO3/c1-4-9-16-15(12-14-10-7-6-8-11-14)13-17(19(22)23-3)20(16)18(21)5-2/h4-8,10-11,15-17H,1-2,9,12-13H2,3H3/t15-,16+,17+/m1/s1. The second-order valence-corrected chi connectivity index (χ2v) is 5.77. The molecule has 0 saturated carbocycles. The molecule has 0 unspecified atom stereocenters. The van der Waals surface area contributed by atoms with Gasteiger partial charge in [0.1, 0.15) is 6.04 Å². The number of methoxy groups -OCH3 is 1. The molecular weight excluding hydrogens is 290 g/mol. The molecule has 1 aromatic carbocycles. The van der Waals surface area contributed by atoms with Crippen molar-refractivity contribution in [1.82, 2.24) is 4.90 Å². The van der Waals surface area contributed by atoms with Gasteiger partial charge in [-0.3, -0.25) is 4.79 Å². The molecule has 4 heteroatoms. The van der Waals surface area contributed by atoms with E-state index in [9.17, 15) is 9.59 Å². The van der Waals surface area contributed by atoms with Crippen molar-refractivity contribution >= 4 is 11.9 Å². The molecule has 0 bridgehead atoms. The summed E-state index contributed by atoms with van der Waals surface area (Å²) in [6.45, 7) is 7.35. The smallest absolute Gasteiger partial charge is 0.328 e. The summed E-state index contributed by atoms with van der Waals surface area (Å²) in [4.78, 5) is 26.0. The first-order valence-corrected chi connectivity index (χ1v) is 7.79. The van der Waals surface area contributed by atoms with Gasteiger partial charge < -0.3 is 9.64 Å². The minimum Gasteiger partial charge on any atom is -0.467 e. The zero-order valence-electron chi connectivity index (χ0n) is 13.5. The van der Waals surface area contributed by atoms with E-state index in [2.05, 4.69) is 25.3 Å². The lowest BCUT2D eigenvalue weighted by atomic mass is 9.90. The second kappa shape index (κ2) is 7.77. The molecule has 2 rings (SSSR count). The molecule has 1 aliphatic heterocycles. The number of ether oxygens (including phenoxy) is 1. The van der Waals surface area contributed by atoms with Crippen LogP contribution in [0.5, 0.6) is 0 Å². The highest BCUT2D eigenvalue weighted by Gasteiger charge is 2.45. The normalized spacial score (nSPS) is 23.3. The average molecular weight is 313 g/mol. The van der Waals surface area contributed by atoms with E-state index in [1.54, 1.807) is 11.0 Å². The highest BCUT2D eigenvalue weighted by molar-refractivity contribution is 5.92. The molecule has 0 radical (unpaired) electrons. The predicted octanol–water partition coefficient (Wildman–Crippen LogP) is 2.75. The van der Waals surface area contributed by atoms with Crippen LogP contribution in [-0.2, 0) is 20.7 Å². The number of rotatable bonds is 6. The van der Waals surface area contributed by atoms with Crippen molar-refractivity contribution in [2.75, 3.05) is 7.11 Å². The summed E-state index contributed by atoms with van der Waals surface area (Å²) in [6.07, 6.45) is 5.11. The lowest BCUT2D eigenvalue weighted by Crippen LogP contribution is -2.45. The number of amides is 1. The molecule has 23 heavy (non-hydrogen) atoms. The van der Waals surface area contributed by atoms with Crippen LogP contribution in [0.1, 0.15) is 18.4 Å². The highest BCUT2D eigenvalue weighted by atomic mass is 16.5. The van der Waals surface area contributed by atoms with Crippen LogP contribution in [0.4, 0.5) is 0 Å². The fourth-order valence-corrected chi connectivity index (χ4v) is 3.40. The topological polar surface area (TPSA) is 46.6 Å². The van der Waals surface area contributed by atoms with Crippen molar-refractivity contribution in [2.24, 2.45) is 5.92 Å². The molecule has 122 valence electrons. The number of carbonyl (C=O) groups is 2. The van der Waals surface area contributed by atoms with Crippen molar-refractivity contribution in [2.45, 2.75) is 31.3 Å². The lowest BCUT2D eigenvalue weighted by molar-refractivity contribution is -0.150. The number of likely N-dealkylation sites (tertiary alicyclic amines) is 1. The van der Waals surface area contributed by atoms with Crippen LogP contribution in [0.2, 0.25) is 0 Å². The molecule has 4 nitrogen and oxygen atoms in total. The van der Waals surface area contributed by atoms with Crippen LogP contribution in [-0.4, -0.2) is 36.0 Å². The van der Waals surface area contributed by atoms with Gasteiger partial charge in [-0.05, 0) is 36.8 Å². The van der Waals surface area contributed by atoms with Crippen LogP contribution in [0.3, 0.4) is 0 Å². The van der Waals surface area contributed by atoms with E-state index in [1.807, 2.05) is 18.2 Å². The maximum atomic E-state index is 12.3. The molecule has 1 aromatic rings. The largest absolute Gasteiger partial charge is 0.467 e. The van der Waals surface area contributed by atoms with Crippen molar-refractivity contribution < 1.29 is 14.3 Å². The number of esters is 1. The van der Waals surface area contributed by atoms with Crippen molar-refractivity contribution in [3.63, 3.8) is 0 Å². The van der Waals surface area contributed by atoms with Crippen LogP contribution in [0, 0.1) is 5.92 Å². The van der Waals surface area contributed by atoms with Crippen molar-refractivity contribution in [3.8, 4) is 0 Å². The first kappa shape index (κ1) is 17.0. The first-order chi connectivity index (χ1) is 11.1. The van der Waals surface area contributed by atoms with Crippen LogP contribution in [0.25, 0.3) is 0 Å². The van der Waals surface area contributed by atoms with E-state index in [0.717, 1.165) is 6.42 Å². The monoisotopic (exact) mass is 313 g/mol. The van der Waals surface area contributed by atoms with E-state index in [1.165, 1.54) is 18.7 Å². The Labute approximate surface area is 137 Å². The fraction of sp³-hybridized carbons (Fsp3) is 0.368. The van der Waals surface area contributed by atoms with Crippen LogP contribution in [0.15, 0.2) is 55.6 Å². The Balaban J connectivity index is 2.30. The van der Waals surface area contributed by atoms with Gasteiger partial charge in [0.2, 0.25) is 5.91 Å². The van der Waals surface area contributed by atoms with Gasteiger partial charge >= 0.3 is 5.97 Å². The van der Waals surface area contributed by atoms with E-state index < -0.39 is 6.04 Å².